The number of aromatic carboxylic acids is 1. The number of rotatable bonds is 3. The van der Waals surface area contributed by atoms with Crippen LogP contribution in [0.3, 0.4) is 0 Å². The largest absolute Gasteiger partial charge is 0.478 e. The number of carboxylic acids is 1. The Morgan fingerprint density at radius 2 is 2.05 bits per heavy atom. The van der Waals surface area contributed by atoms with Crippen molar-refractivity contribution in [1.29, 1.82) is 0 Å². The second kappa shape index (κ2) is 6.17. The summed E-state index contributed by atoms with van der Waals surface area (Å²) in [5.74, 6) is -0.856. The number of carboxylic acid groups (broad SMARTS) is 1. The fourth-order valence-electron chi connectivity index (χ4n) is 2.51. The standard InChI is InChI=1S/C15H22N2O2/c1-12-10-13(15(18)19)4-5-14(12)11-17-7-3-6-16(2)8-9-17/h4-5,10H,3,6-9,11H2,1-2H3,(H,18,19). The molecular formula is C15H22N2O2. The van der Waals surface area contributed by atoms with Crippen LogP contribution in [0, 0.1) is 6.92 Å². The summed E-state index contributed by atoms with van der Waals surface area (Å²) < 4.78 is 0. The molecule has 0 atom stereocenters. The molecule has 19 heavy (non-hydrogen) atoms. The molecule has 0 amide bonds. The van der Waals surface area contributed by atoms with Crippen LogP contribution >= 0.6 is 0 Å². The van der Waals surface area contributed by atoms with Crippen LogP contribution in [0.1, 0.15) is 27.9 Å². The first-order valence-electron chi connectivity index (χ1n) is 6.80. The van der Waals surface area contributed by atoms with Gasteiger partial charge in [0, 0.05) is 19.6 Å². The summed E-state index contributed by atoms with van der Waals surface area (Å²) in [4.78, 5) is 15.7. The van der Waals surface area contributed by atoms with Gasteiger partial charge in [-0.05, 0) is 56.7 Å². The molecule has 4 nitrogen and oxygen atoms in total. The number of hydrogen-bond donors (Lipinski definition) is 1. The highest BCUT2D eigenvalue weighted by atomic mass is 16.4. The molecule has 1 N–H and O–H groups in total. The second-order valence-corrected chi connectivity index (χ2v) is 5.38. The molecule has 0 saturated carbocycles. The van der Waals surface area contributed by atoms with E-state index in [-0.39, 0.29) is 0 Å². The van der Waals surface area contributed by atoms with Gasteiger partial charge in [-0.3, -0.25) is 4.90 Å². The molecule has 1 heterocycles. The molecule has 4 heteroatoms. The first-order valence-corrected chi connectivity index (χ1v) is 6.80. The zero-order valence-corrected chi connectivity index (χ0v) is 11.7. The van der Waals surface area contributed by atoms with Gasteiger partial charge < -0.3 is 10.0 Å². The smallest absolute Gasteiger partial charge is 0.335 e. The van der Waals surface area contributed by atoms with Crippen molar-refractivity contribution in [1.82, 2.24) is 9.80 Å². The van der Waals surface area contributed by atoms with Gasteiger partial charge in [0.1, 0.15) is 0 Å². The topological polar surface area (TPSA) is 43.8 Å². The number of benzene rings is 1. The van der Waals surface area contributed by atoms with E-state index in [1.165, 1.54) is 12.0 Å². The zero-order valence-electron chi connectivity index (χ0n) is 11.7. The van der Waals surface area contributed by atoms with E-state index in [1.54, 1.807) is 12.1 Å². The maximum atomic E-state index is 10.9. The van der Waals surface area contributed by atoms with Crippen molar-refractivity contribution in [2.75, 3.05) is 33.2 Å². The van der Waals surface area contributed by atoms with Crippen molar-refractivity contribution in [3.8, 4) is 0 Å². The molecule has 0 aliphatic carbocycles. The molecule has 1 saturated heterocycles. The Bertz CT molecular complexity index is 459. The molecule has 0 bridgehead atoms. The fraction of sp³-hybridized carbons (Fsp3) is 0.533. The highest BCUT2D eigenvalue weighted by molar-refractivity contribution is 5.87. The first-order chi connectivity index (χ1) is 9.06. The van der Waals surface area contributed by atoms with Crippen LogP contribution in [0.2, 0.25) is 0 Å². The summed E-state index contributed by atoms with van der Waals surface area (Å²) in [5, 5.41) is 8.97. The quantitative estimate of drug-likeness (QED) is 0.902. The van der Waals surface area contributed by atoms with Crippen LogP contribution in [0.4, 0.5) is 0 Å². The van der Waals surface area contributed by atoms with Crippen molar-refractivity contribution in [2.24, 2.45) is 0 Å². The van der Waals surface area contributed by atoms with Crippen molar-refractivity contribution in [3.05, 3.63) is 34.9 Å². The summed E-state index contributed by atoms with van der Waals surface area (Å²) >= 11 is 0. The Morgan fingerprint density at radius 1 is 1.26 bits per heavy atom. The van der Waals surface area contributed by atoms with Gasteiger partial charge in [-0.15, -0.1) is 0 Å². The molecule has 0 spiro atoms. The Hall–Kier alpha value is -1.39. The minimum absolute atomic E-state index is 0.372. The third-order valence-corrected chi connectivity index (χ3v) is 3.80. The number of likely N-dealkylation sites (N-methyl/N-ethyl adjacent to an activating group) is 1. The summed E-state index contributed by atoms with van der Waals surface area (Å²) in [6.45, 7) is 7.37. The number of aryl methyl sites for hydroxylation is 1. The maximum absolute atomic E-state index is 10.9. The molecule has 2 rings (SSSR count). The van der Waals surface area contributed by atoms with Crippen molar-refractivity contribution in [3.63, 3.8) is 0 Å². The van der Waals surface area contributed by atoms with Gasteiger partial charge in [-0.2, -0.15) is 0 Å². The van der Waals surface area contributed by atoms with E-state index in [4.69, 9.17) is 5.11 Å². The Balaban J connectivity index is 2.04. The predicted molar refractivity (Wildman–Crippen MR) is 75.5 cm³/mol. The van der Waals surface area contributed by atoms with Gasteiger partial charge >= 0.3 is 5.97 Å². The molecule has 1 aliphatic rings. The van der Waals surface area contributed by atoms with Crippen LogP contribution in [0.25, 0.3) is 0 Å². The van der Waals surface area contributed by atoms with Gasteiger partial charge in [0.05, 0.1) is 5.56 Å². The lowest BCUT2D eigenvalue weighted by atomic mass is 10.0. The molecule has 0 radical (unpaired) electrons. The second-order valence-electron chi connectivity index (χ2n) is 5.38. The normalized spacial score (nSPS) is 18.2. The average molecular weight is 262 g/mol. The van der Waals surface area contributed by atoms with Crippen LogP contribution in [-0.2, 0) is 6.54 Å². The lowest BCUT2D eigenvalue weighted by molar-refractivity contribution is 0.0696. The van der Waals surface area contributed by atoms with Crippen LogP contribution in [0.15, 0.2) is 18.2 Å². The Kier molecular flexibility index (Phi) is 4.56. The molecule has 104 valence electrons. The van der Waals surface area contributed by atoms with Crippen molar-refractivity contribution in [2.45, 2.75) is 19.9 Å². The highest BCUT2D eigenvalue weighted by Gasteiger charge is 2.13. The van der Waals surface area contributed by atoms with Crippen LogP contribution in [-0.4, -0.2) is 54.1 Å². The average Bonchev–Trinajstić information content (AvgIpc) is 2.57. The molecule has 1 aliphatic heterocycles. The molecule has 1 aromatic carbocycles. The highest BCUT2D eigenvalue weighted by Crippen LogP contribution is 2.15. The van der Waals surface area contributed by atoms with E-state index in [9.17, 15) is 4.79 Å². The summed E-state index contributed by atoms with van der Waals surface area (Å²) in [6, 6.07) is 5.42. The van der Waals surface area contributed by atoms with E-state index in [2.05, 4.69) is 16.8 Å². The summed E-state index contributed by atoms with van der Waals surface area (Å²) in [6.07, 6.45) is 1.20. The van der Waals surface area contributed by atoms with E-state index in [0.29, 0.717) is 5.56 Å². The third-order valence-electron chi connectivity index (χ3n) is 3.80. The molecule has 1 fully saturated rings. The minimum Gasteiger partial charge on any atom is -0.478 e. The van der Waals surface area contributed by atoms with Crippen molar-refractivity contribution < 1.29 is 9.90 Å². The zero-order chi connectivity index (χ0) is 13.8. The van der Waals surface area contributed by atoms with E-state index >= 15 is 0 Å². The minimum atomic E-state index is -0.856. The lowest BCUT2D eigenvalue weighted by Crippen LogP contribution is -2.28. The van der Waals surface area contributed by atoms with E-state index < -0.39 is 5.97 Å². The molecular weight excluding hydrogens is 240 g/mol. The van der Waals surface area contributed by atoms with Gasteiger partial charge in [-0.25, -0.2) is 4.79 Å². The molecule has 0 aromatic heterocycles. The number of carbonyl (C=O) groups is 1. The Morgan fingerprint density at radius 3 is 2.74 bits per heavy atom. The maximum Gasteiger partial charge on any atom is 0.335 e. The monoisotopic (exact) mass is 262 g/mol. The Labute approximate surface area is 114 Å². The first kappa shape index (κ1) is 14.0. The van der Waals surface area contributed by atoms with Gasteiger partial charge in [0.2, 0.25) is 0 Å². The van der Waals surface area contributed by atoms with Crippen molar-refractivity contribution >= 4 is 5.97 Å². The number of hydrogen-bond acceptors (Lipinski definition) is 3. The molecule has 0 unspecified atom stereocenters. The van der Waals surface area contributed by atoms with E-state index in [0.717, 1.165) is 38.3 Å². The van der Waals surface area contributed by atoms with Gasteiger partial charge in [-0.1, -0.05) is 6.07 Å². The SMILES string of the molecule is Cc1cc(C(=O)O)ccc1CN1CCCN(C)CC1. The lowest BCUT2D eigenvalue weighted by Gasteiger charge is -2.21. The third kappa shape index (κ3) is 3.78. The molecule has 1 aromatic rings. The number of nitrogens with zero attached hydrogens (tertiary/aromatic N) is 2. The van der Waals surface area contributed by atoms with Gasteiger partial charge in [0.15, 0.2) is 0 Å². The predicted octanol–water partition coefficient (Wildman–Crippen LogP) is 1.83. The van der Waals surface area contributed by atoms with Crippen LogP contribution in [0.5, 0.6) is 0 Å². The fourth-order valence-corrected chi connectivity index (χ4v) is 2.51. The van der Waals surface area contributed by atoms with Crippen LogP contribution < -0.4 is 0 Å². The summed E-state index contributed by atoms with van der Waals surface area (Å²) in [5.41, 5.74) is 2.67. The van der Waals surface area contributed by atoms with Gasteiger partial charge in [0.25, 0.3) is 0 Å². The van der Waals surface area contributed by atoms with E-state index in [1.807, 2.05) is 13.0 Å². The summed E-state index contributed by atoms with van der Waals surface area (Å²) in [7, 11) is 2.16.